The smallest absolute Gasteiger partial charge is 0.238 e. The van der Waals surface area contributed by atoms with E-state index in [1.165, 1.54) is 12.1 Å². The normalized spacial score (nSPS) is 15.6. The monoisotopic (exact) mass is 358 g/mol. The van der Waals surface area contributed by atoms with Crippen LogP contribution < -0.4 is 5.32 Å². The second kappa shape index (κ2) is 7.87. The number of anilines is 1. The number of amides is 1. The van der Waals surface area contributed by atoms with Gasteiger partial charge in [-0.3, -0.25) is 9.69 Å². The highest BCUT2D eigenvalue weighted by Crippen LogP contribution is 2.23. The number of aliphatic hydroxyl groups is 1. The minimum atomic E-state index is -0.465. The fourth-order valence-corrected chi connectivity index (χ4v) is 3.09. The third-order valence-electron chi connectivity index (χ3n) is 3.78. The number of carbonyl (C=O) groups excluding carboxylic acids is 1. The minimum Gasteiger partial charge on any atom is -0.395 e. The third kappa shape index (κ3) is 4.76. The van der Waals surface area contributed by atoms with Crippen LogP contribution >= 0.6 is 15.9 Å². The average Bonchev–Trinajstić information content (AvgIpc) is 2.95. The van der Waals surface area contributed by atoms with Gasteiger partial charge in [0.05, 0.1) is 18.8 Å². The zero-order valence-electron chi connectivity index (χ0n) is 11.8. The van der Waals surface area contributed by atoms with Gasteiger partial charge in [0.1, 0.15) is 5.82 Å². The molecule has 1 saturated carbocycles. The Hall–Kier alpha value is -0.980. The molecule has 1 amide bonds. The van der Waals surface area contributed by atoms with Crippen LogP contribution in [-0.4, -0.2) is 41.7 Å². The van der Waals surface area contributed by atoms with Gasteiger partial charge in [-0.2, -0.15) is 0 Å². The first-order valence-electron chi connectivity index (χ1n) is 7.20. The zero-order chi connectivity index (χ0) is 15.2. The molecule has 1 aliphatic rings. The van der Waals surface area contributed by atoms with Gasteiger partial charge in [0.15, 0.2) is 0 Å². The summed E-state index contributed by atoms with van der Waals surface area (Å²) in [5.41, 5.74) is 0.179. The Morgan fingerprint density at radius 1 is 1.43 bits per heavy atom. The van der Waals surface area contributed by atoms with Crippen LogP contribution in [-0.2, 0) is 4.79 Å². The Balaban J connectivity index is 1.95. The lowest BCUT2D eigenvalue weighted by Gasteiger charge is -2.27. The van der Waals surface area contributed by atoms with Crippen molar-refractivity contribution in [2.45, 2.75) is 31.7 Å². The molecule has 0 aliphatic heterocycles. The van der Waals surface area contributed by atoms with Crippen LogP contribution in [0.5, 0.6) is 0 Å². The van der Waals surface area contributed by atoms with Gasteiger partial charge in [0.2, 0.25) is 5.91 Å². The van der Waals surface area contributed by atoms with Crippen LogP contribution in [0.2, 0.25) is 0 Å². The predicted octanol–water partition coefficient (Wildman–Crippen LogP) is 2.76. The van der Waals surface area contributed by atoms with Crippen LogP contribution in [0.25, 0.3) is 0 Å². The fraction of sp³-hybridized carbons (Fsp3) is 0.533. The summed E-state index contributed by atoms with van der Waals surface area (Å²) < 4.78 is 14.3. The molecule has 0 atom stereocenters. The SMILES string of the molecule is O=C(CN(CCO)C1CCCC1)Nc1ccc(Br)cc1F. The molecule has 0 aromatic heterocycles. The molecule has 4 nitrogen and oxygen atoms in total. The highest BCUT2D eigenvalue weighted by atomic mass is 79.9. The first-order chi connectivity index (χ1) is 10.1. The van der Waals surface area contributed by atoms with Gasteiger partial charge in [0.25, 0.3) is 0 Å². The number of nitrogens with zero attached hydrogens (tertiary/aromatic N) is 1. The van der Waals surface area contributed by atoms with Crippen LogP contribution in [0, 0.1) is 5.82 Å². The quantitative estimate of drug-likeness (QED) is 0.821. The Morgan fingerprint density at radius 2 is 2.14 bits per heavy atom. The van der Waals surface area contributed by atoms with E-state index in [1.54, 1.807) is 6.07 Å². The minimum absolute atomic E-state index is 0.0242. The highest BCUT2D eigenvalue weighted by Gasteiger charge is 2.24. The molecule has 21 heavy (non-hydrogen) atoms. The largest absolute Gasteiger partial charge is 0.395 e. The average molecular weight is 359 g/mol. The Kier molecular flexibility index (Phi) is 6.14. The molecule has 0 radical (unpaired) electrons. The number of benzene rings is 1. The van der Waals surface area contributed by atoms with Crippen molar-refractivity contribution in [1.29, 1.82) is 0 Å². The Morgan fingerprint density at radius 3 is 2.76 bits per heavy atom. The van der Waals surface area contributed by atoms with Gasteiger partial charge in [-0.15, -0.1) is 0 Å². The number of carbonyl (C=O) groups is 1. The molecule has 2 rings (SSSR count). The highest BCUT2D eigenvalue weighted by molar-refractivity contribution is 9.10. The molecule has 0 unspecified atom stereocenters. The van der Waals surface area contributed by atoms with E-state index in [-0.39, 0.29) is 24.7 Å². The number of halogens is 2. The van der Waals surface area contributed by atoms with E-state index in [2.05, 4.69) is 21.2 Å². The summed E-state index contributed by atoms with van der Waals surface area (Å²) in [7, 11) is 0. The van der Waals surface area contributed by atoms with Crippen molar-refractivity contribution >= 4 is 27.5 Å². The summed E-state index contributed by atoms with van der Waals surface area (Å²) in [4.78, 5) is 14.1. The Bertz CT molecular complexity index is 493. The number of rotatable bonds is 6. The fourth-order valence-electron chi connectivity index (χ4n) is 2.75. The number of aliphatic hydroxyl groups excluding tert-OH is 1. The van der Waals surface area contributed by atoms with Gasteiger partial charge < -0.3 is 10.4 Å². The summed E-state index contributed by atoms with van der Waals surface area (Å²) in [5, 5.41) is 11.7. The third-order valence-corrected chi connectivity index (χ3v) is 4.27. The van der Waals surface area contributed by atoms with Crippen LogP contribution in [0.3, 0.4) is 0 Å². The first-order valence-corrected chi connectivity index (χ1v) is 7.99. The van der Waals surface area contributed by atoms with E-state index < -0.39 is 5.82 Å². The van der Waals surface area contributed by atoms with Crippen molar-refractivity contribution in [3.8, 4) is 0 Å². The van der Waals surface area contributed by atoms with Gasteiger partial charge in [-0.25, -0.2) is 4.39 Å². The molecule has 6 heteroatoms. The Labute approximate surface area is 132 Å². The first kappa shape index (κ1) is 16.4. The molecular formula is C15H20BrFN2O2. The lowest BCUT2D eigenvalue weighted by atomic mass is 10.2. The topological polar surface area (TPSA) is 52.6 Å². The summed E-state index contributed by atoms with van der Waals surface area (Å²) >= 11 is 3.18. The van der Waals surface area contributed by atoms with Crippen LogP contribution in [0.4, 0.5) is 10.1 Å². The van der Waals surface area contributed by atoms with Crippen LogP contribution in [0.1, 0.15) is 25.7 Å². The molecule has 116 valence electrons. The number of hydrogen-bond acceptors (Lipinski definition) is 3. The van der Waals surface area contributed by atoms with Crippen molar-refractivity contribution in [2.75, 3.05) is 25.0 Å². The zero-order valence-corrected chi connectivity index (χ0v) is 13.4. The van der Waals surface area contributed by atoms with Gasteiger partial charge in [-0.05, 0) is 31.0 Å². The maximum absolute atomic E-state index is 13.7. The lowest BCUT2D eigenvalue weighted by Crippen LogP contribution is -2.41. The number of hydrogen-bond donors (Lipinski definition) is 2. The van der Waals surface area contributed by atoms with E-state index in [0.717, 1.165) is 25.7 Å². The molecule has 0 bridgehead atoms. The number of nitrogens with one attached hydrogen (secondary N) is 1. The molecule has 1 aliphatic carbocycles. The summed E-state index contributed by atoms with van der Waals surface area (Å²) in [5.74, 6) is -0.719. The maximum Gasteiger partial charge on any atom is 0.238 e. The summed E-state index contributed by atoms with van der Waals surface area (Å²) in [6.07, 6.45) is 4.44. The predicted molar refractivity (Wildman–Crippen MR) is 83.6 cm³/mol. The van der Waals surface area contributed by atoms with Gasteiger partial charge >= 0.3 is 0 Å². The van der Waals surface area contributed by atoms with E-state index >= 15 is 0 Å². The summed E-state index contributed by atoms with van der Waals surface area (Å²) in [6.45, 7) is 0.679. The molecule has 0 heterocycles. The van der Waals surface area contributed by atoms with E-state index in [0.29, 0.717) is 17.1 Å². The second-order valence-corrected chi connectivity index (χ2v) is 6.22. The second-order valence-electron chi connectivity index (χ2n) is 5.30. The molecule has 0 spiro atoms. The summed E-state index contributed by atoms with van der Waals surface area (Å²) in [6, 6.07) is 4.88. The van der Waals surface area contributed by atoms with Gasteiger partial charge in [0, 0.05) is 17.1 Å². The molecular weight excluding hydrogens is 339 g/mol. The maximum atomic E-state index is 13.7. The van der Waals surface area contributed by atoms with Gasteiger partial charge in [-0.1, -0.05) is 28.8 Å². The van der Waals surface area contributed by atoms with Crippen molar-refractivity contribution in [3.05, 3.63) is 28.5 Å². The van der Waals surface area contributed by atoms with Crippen molar-refractivity contribution in [1.82, 2.24) is 4.90 Å². The van der Waals surface area contributed by atoms with Crippen LogP contribution in [0.15, 0.2) is 22.7 Å². The van der Waals surface area contributed by atoms with Crippen molar-refractivity contribution < 1.29 is 14.3 Å². The molecule has 1 aromatic carbocycles. The van der Waals surface area contributed by atoms with Crippen molar-refractivity contribution in [3.63, 3.8) is 0 Å². The molecule has 1 aromatic rings. The molecule has 2 N–H and O–H groups in total. The standard InChI is InChI=1S/C15H20BrFN2O2/c16-11-5-6-14(13(17)9-11)18-15(21)10-19(7-8-20)12-3-1-2-4-12/h5-6,9,12,20H,1-4,7-8,10H2,(H,18,21). The lowest BCUT2D eigenvalue weighted by molar-refractivity contribution is -0.118. The van der Waals surface area contributed by atoms with E-state index in [4.69, 9.17) is 5.11 Å². The van der Waals surface area contributed by atoms with Crippen molar-refractivity contribution in [2.24, 2.45) is 0 Å². The molecule has 1 fully saturated rings. The van der Waals surface area contributed by atoms with E-state index in [9.17, 15) is 9.18 Å². The molecule has 0 saturated heterocycles. The van der Waals surface area contributed by atoms with E-state index in [1.807, 2.05) is 4.90 Å².